The quantitative estimate of drug-likeness (QED) is 0.555. The van der Waals surface area contributed by atoms with Gasteiger partial charge in [-0.3, -0.25) is 9.59 Å². The van der Waals surface area contributed by atoms with E-state index >= 15 is 0 Å². The Bertz CT molecular complexity index is 978. The second-order valence-corrected chi connectivity index (χ2v) is 6.61. The Labute approximate surface area is 164 Å². The Balaban J connectivity index is 1.59. The Morgan fingerprint density at radius 3 is 2.79 bits per heavy atom. The summed E-state index contributed by atoms with van der Waals surface area (Å²) in [6, 6.07) is 12.9. The number of aromatic amines is 1. The SMILES string of the molecule is CCCC(=O)Nc1cccc(C(=O)NCCc2c[nH]c3ccc(OC)cc23)c1. The van der Waals surface area contributed by atoms with Gasteiger partial charge in [-0.25, -0.2) is 0 Å². The summed E-state index contributed by atoms with van der Waals surface area (Å²) >= 11 is 0. The molecule has 0 bridgehead atoms. The maximum atomic E-state index is 12.4. The summed E-state index contributed by atoms with van der Waals surface area (Å²) in [6.45, 7) is 2.46. The van der Waals surface area contributed by atoms with Crippen LogP contribution in [-0.2, 0) is 11.2 Å². The van der Waals surface area contributed by atoms with Crippen molar-refractivity contribution < 1.29 is 14.3 Å². The van der Waals surface area contributed by atoms with Gasteiger partial charge in [0, 0.05) is 41.3 Å². The highest BCUT2D eigenvalue weighted by atomic mass is 16.5. The van der Waals surface area contributed by atoms with Crippen LogP contribution in [0.1, 0.15) is 35.7 Å². The molecule has 1 heterocycles. The molecule has 0 atom stereocenters. The Hall–Kier alpha value is -3.28. The largest absolute Gasteiger partial charge is 0.497 e. The van der Waals surface area contributed by atoms with Crippen molar-refractivity contribution in [1.82, 2.24) is 10.3 Å². The van der Waals surface area contributed by atoms with E-state index in [1.807, 2.05) is 31.3 Å². The Morgan fingerprint density at radius 1 is 1.14 bits per heavy atom. The molecule has 0 spiro atoms. The number of carbonyl (C=O) groups is 2. The van der Waals surface area contributed by atoms with Gasteiger partial charge in [-0.15, -0.1) is 0 Å². The van der Waals surface area contributed by atoms with Gasteiger partial charge in [-0.1, -0.05) is 13.0 Å². The van der Waals surface area contributed by atoms with Crippen molar-refractivity contribution >= 4 is 28.4 Å². The molecule has 6 heteroatoms. The minimum absolute atomic E-state index is 0.0465. The predicted molar refractivity (Wildman–Crippen MR) is 111 cm³/mol. The number of ether oxygens (including phenoxy) is 1. The molecule has 0 unspecified atom stereocenters. The molecule has 3 rings (SSSR count). The lowest BCUT2D eigenvalue weighted by atomic mass is 10.1. The molecule has 0 aliphatic rings. The summed E-state index contributed by atoms with van der Waals surface area (Å²) in [7, 11) is 1.65. The molecule has 0 fully saturated rings. The van der Waals surface area contributed by atoms with Gasteiger partial charge < -0.3 is 20.4 Å². The monoisotopic (exact) mass is 379 g/mol. The van der Waals surface area contributed by atoms with Crippen LogP contribution in [0.4, 0.5) is 5.69 Å². The number of rotatable bonds is 8. The van der Waals surface area contributed by atoms with E-state index in [9.17, 15) is 9.59 Å². The molecule has 146 valence electrons. The third-order valence-corrected chi connectivity index (χ3v) is 4.54. The summed E-state index contributed by atoms with van der Waals surface area (Å²) < 4.78 is 5.29. The van der Waals surface area contributed by atoms with Gasteiger partial charge in [0.05, 0.1) is 7.11 Å². The van der Waals surface area contributed by atoms with Crippen LogP contribution in [0.15, 0.2) is 48.7 Å². The molecular formula is C22H25N3O3. The molecule has 1 aromatic heterocycles. The lowest BCUT2D eigenvalue weighted by Gasteiger charge is -2.08. The first-order valence-electron chi connectivity index (χ1n) is 9.43. The highest BCUT2D eigenvalue weighted by molar-refractivity contribution is 5.97. The van der Waals surface area contributed by atoms with Gasteiger partial charge in [-0.05, 0) is 54.8 Å². The maximum Gasteiger partial charge on any atom is 0.251 e. The number of aromatic nitrogens is 1. The van der Waals surface area contributed by atoms with Crippen LogP contribution < -0.4 is 15.4 Å². The van der Waals surface area contributed by atoms with E-state index in [-0.39, 0.29) is 11.8 Å². The molecule has 0 aliphatic heterocycles. The number of fused-ring (bicyclic) bond motifs is 1. The fourth-order valence-corrected chi connectivity index (χ4v) is 3.09. The number of anilines is 1. The molecule has 6 nitrogen and oxygen atoms in total. The second kappa shape index (κ2) is 9.08. The van der Waals surface area contributed by atoms with E-state index in [0.717, 1.165) is 28.6 Å². The average Bonchev–Trinajstić information content (AvgIpc) is 3.10. The fraction of sp³-hybridized carbons (Fsp3) is 0.273. The molecular weight excluding hydrogens is 354 g/mol. The van der Waals surface area contributed by atoms with Crippen molar-refractivity contribution in [2.24, 2.45) is 0 Å². The zero-order chi connectivity index (χ0) is 19.9. The van der Waals surface area contributed by atoms with E-state index in [1.165, 1.54) is 0 Å². The van der Waals surface area contributed by atoms with Gasteiger partial charge in [0.2, 0.25) is 5.91 Å². The smallest absolute Gasteiger partial charge is 0.251 e. The van der Waals surface area contributed by atoms with E-state index < -0.39 is 0 Å². The number of H-pyrrole nitrogens is 1. The van der Waals surface area contributed by atoms with Gasteiger partial charge in [-0.2, -0.15) is 0 Å². The zero-order valence-electron chi connectivity index (χ0n) is 16.2. The number of nitrogens with one attached hydrogen (secondary N) is 3. The summed E-state index contributed by atoms with van der Waals surface area (Å²) in [5.74, 6) is 0.596. The van der Waals surface area contributed by atoms with E-state index in [2.05, 4.69) is 15.6 Å². The first-order valence-corrected chi connectivity index (χ1v) is 9.43. The van der Waals surface area contributed by atoms with Crippen LogP contribution in [0, 0.1) is 0 Å². The number of hydrogen-bond acceptors (Lipinski definition) is 3. The summed E-state index contributed by atoms with van der Waals surface area (Å²) in [5.41, 5.74) is 3.32. The highest BCUT2D eigenvalue weighted by Crippen LogP contribution is 2.23. The molecule has 0 radical (unpaired) electrons. The molecule has 3 aromatic rings. The van der Waals surface area contributed by atoms with E-state index in [4.69, 9.17) is 4.74 Å². The summed E-state index contributed by atoms with van der Waals surface area (Å²) in [4.78, 5) is 27.4. The number of hydrogen-bond donors (Lipinski definition) is 3. The second-order valence-electron chi connectivity index (χ2n) is 6.61. The maximum absolute atomic E-state index is 12.4. The van der Waals surface area contributed by atoms with Crippen molar-refractivity contribution in [3.05, 3.63) is 59.8 Å². The van der Waals surface area contributed by atoms with E-state index in [0.29, 0.717) is 30.6 Å². The molecule has 2 aromatic carbocycles. The van der Waals surface area contributed by atoms with Crippen LogP contribution in [0.5, 0.6) is 5.75 Å². The number of benzene rings is 2. The third kappa shape index (κ3) is 4.71. The highest BCUT2D eigenvalue weighted by Gasteiger charge is 2.09. The van der Waals surface area contributed by atoms with Crippen LogP contribution >= 0.6 is 0 Å². The lowest BCUT2D eigenvalue weighted by molar-refractivity contribution is -0.116. The molecule has 0 saturated heterocycles. The predicted octanol–water partition coefficient (Wildman–Crippen LogP) is 3.89. The van der Waals surface area contributed by atoms with Crippen molar-refractivity contribution in [2.45, 2.75) is 26.2 Å². The fourth-order valence-electron chi connectivity index (χ4n) is 3.09. The van der Waals surface area contributed by atoms with Crippen LogP contribution in [0.2, 0.25) is 0 Å². The standard InChI is InChI=1S/C22H25N3O3/c1-3-5-21(26)25-17-7-4-6-15(12-17)22(27)23-11-10-16-14-24-20-9-8-18(28-2)13-19(16)20/h4,6-9,12-14,24H,3,5,10-11H2,1-2H3,(H,23,27)(H,25,26). The average molecular weight is 379 g/mol. The molecule has 0 saturated carbocycles. The number of amides is 2. The lowest BCUT2D eigenvalue weighted by Crippen LogP contribution is -2.25. The first kappa shape index (κ1) is 19.5. The van der Waals surface area contributed by atoms with Crippen LogP contribution in [0.3, 0.4) is 0 Å². The van der Waals surface area contributed by atoms with Crippen LogP contribution in [0.25, 0.3) is 10.9 Å². The topological polar surface area (TPSA) is 83.2 Å². The molecule has 0 aliphatic carbocycles. The van der Waals surface area contributed by atoms with Crippen molar-refractivity contribution in [2.75, 3.05) is 19.0 Å². The van der Waals surface area contributed by atoms with Gasteiger partial charge >= 0.3 is 0 Å². The van der Waals surface area contributed by atoms with Gasteiger partial charge in [0.25, 0.3) is 5.91 Å². The third-order valence-electron chi connectivity index (χ3n) is 4.54. The summed E-state index contributed by atoms with van der Waals surface area (Å²) in [5, 5.41) is 6.84. The van der Waals surface area contributed by atoms with Gasteiger partial charge in [0.1, 0.15) is 5.75 Å². The number of carbonyl (C=O) groups excluding carboxylic acids is 2. The van der Waals surface area contributed by atoms with Crippen molar-refractivity contribution in [3.8, 4) is 5.75 Å². The Kier molecular flexibility index (Phi) is 6.32. The van der Waals surface area contributed by atoms with Gasteiger partial charge in [0.15, 0.2) is 0 Å². The molecule has 2 amide bonds. The Morgan fingerprint density at radius 2 is 2.00 bits per heavy atom. The minimum Gasteiger partial charge on any atom is -0.497 e. The van der Waals surface area contributed by atoms with E-state index in [1.54, 1.807) is 31.4 Å². The van der Waals surface area contributed by atoms with Crippen molar-refractivity contribution in [1.29, 1.82) is 0 Å². The number of methoxy groups -OCH3 is 1. The molecule has 28 heavy (non-hydrogen) atoms. The van der Waals surface area contributed by atoms with Crippen LogP contribution in [-0.4, -0.2) is 30.5 Å². The molecule has 3 N–H and O–H groups in total. The minimum atomic E-state index is -0.163. The van der Waals surface area contributed by atoms with Crippen molar-refractivity contribution in [3.63, 3.8) is 0 Å². The normalized spacial score (nSPS) is 10.6. The zero-order valence-corrected chi connectivity index (χ0v) is 16.2. The summed E-state index contributed by atoms with van der Waals surface area (Å²) in [6.07, 6.45) is 3.91. The first-order chi connectivity index (χ1) is 13.6.